The highest BCUT2D eigenvalue weighted by Crippen LogP contribution is 2.33. The standard InChI is InChI=1S/C29H34N4O5/c1-18(2)33(28(35)20-10-8-19(3)9-11-20)26-25(29(36)37)17-32(31-26)23-14-12-22(13-15-23)30-27(34)21-6-5-7-24(16-21)38-4/h5-7,12-20H,8-11H2,1-4H3,(H,30,34)(H,36,37)/t19-,20-. The van der Waals surface area contributed by atoms with Crippen molar-refractivity contribution < 1.29 is 24.2 Å². The Bertz CT molecular complexity index is 1310. The molecule has 2 N–H and O–H groups in total. The van der Waals surface area contributed by atoms with Crippen molar-refractivity contribution in [1.29, 1.82) is 0 Å². The Morgan fingerprint density at radius 2 is 1.76 bits per heavy atom. The molecular formula is C29H34N4O5. The van der Waals surface area contributed by atoms with E-state index in [-0.39, 0.29) is 35.2 Å². The zero-order chi connectivity index (χ0) is 27.4. The van der Waals surface area contributed by atoms with Crippen LogP contribution in [0.25, 0.3) is 5.69 Å². The number of rotatable bonds is 8. The maximum Gasteiger partial charge on any atom is 0.341 e. The Labute approximate surface area is 222 Å². The van der Waals surface area contributed by atoms with Gasteiger partial charge in [-0.05, 0) is 87.9 Å². The van der Waals surface area contributed by atoms with Crippen LogP contribution in [0.1, 0.15) is 67.2 Å². The lowest BCUT2D eigenvalue weighted by Gasteiger charge is -2.32. The van der Waals surface area contributed by atoms with Crippen LogP contribution in [-0.4, -0.2) is 45.8 Å². The first kappa shape index (κ1) is 26.9. The molecule has 9 nitrogen and oxygen atoms in total. The van der Waals surface area contributed by atoms with Crippen molar-refractivity contribution in [2.75, 3.05) is 17.3 Å². The zero-order valence-electron chi connectivity index (χ0n) is 22.2. The lowest BCUT2D eigenvalue weighted by Crippen LogP contribution is -2.43. The second-order valence-electron chi connectivity index (χ2n) is 10.1. The van der Waals surface area contributed by atoms with Gasteiger partial charge in [0, 0.05) is 29.4 Å². The van der Waals surface area contributed by atoms with Crippen LogP contribution >= 0.6 is 0 Å². The third-order valence-corrected chi connectivity index (χ3v) is 6.99. The van der Waals surface area contributed by atoms with Crippen LogP contribution in [-0.2, 0) is 4.79 Å². The van der Waals surface area contributed by atoms with Crippen molar-refractivity contribution >= 4 is 29.3 Å². The quantitative estimate of drug-likeness (QED) is 0.413. The number of hydrogen-bond donors (Lipinski definition) is 2. The van der Waals surface area contributed by atoms with E-state index in [0.29, 0.717) is 28.6 Å². The molecule has 1 aliphatic rings. The minimum atomic E-state index is -1.15. The van der Waals surface area contributed by atoms with Crippen LogP contribution in [0.3, 0.4) is 0 Å². The van der Waals surface area contributed by atoms with Crippen molar-refractivity contribution in [2.24, 2.45) is 11.8 Å². The van der Waals surface area contributed by atoms with Gasteiger partial charge >= 0.3 is 5.97 Å². The molecule has 1 heterocycles. The molecule has 200 valence electrons. The number of nitrogens with zero attached hydrogens (tertiary/aromatic N) is 3. The zero-order valence-corrected chi connectivity index (χ0v) is 22.2. The molecule has 2 aromatic carbocycles. The van der Waals surface area contributed by atoms with E-state index in [9.17, 15) is 19.5 Å². The summed E-state index contributed by atoms with van der Waals surface area (Å²) in [6.07, 6.45) is 5.00. The van der Waals surface area contributed by atoms with E-state index in [4.69, 9.17) is 4.74 Å². The summed E-state index contributed by atoms with van der Waals surface area (Å²) in [7, 11) is 1.54. The second kappa shape index (κ2) is 11.5. The Balaban J connectivity index is 1.57. The van der Waals surface area contributed by atoms with Gasteiger partial charge in [0.05, 0.1) is 12.8 Å². The van der Waals surface area contributed by atoms with Gasteiger partial charge < -0.3 is 15.2 Å². The van der Waals surface area contributed by atoms with E-state index in [1.54, 1.807) is 55.6 Å². The average molecular weight is 519 g/mol. The minimum absolute atomic E-state index is 0.0355. The molecule has 0 saturated heterocycles. The molecule has 1 aliphatic carbocycles. The maximum absolute atomic E-state index is 13.5. The SMILES string of the molecule is COc1cccc(C(=O)Nc2ccc(-n3cc(C(=O)O)c(N(C(=O)[C@H]4CC[C@H](C)CC4)C(C)C)n3)cc2)c1. The average Bonchev–Trinajstić information content (AvgIpc) is 3.34. The number of aromatic nitrogens is 2. The Morgan fingerprint density at radius 3 is 2.37 bits per heavy atom. The fourth-order valence-electron chi connectivity index (χ4n) is 4.80. The van der Waals surface area contributed by atoms with Gasteiger partial charge in [0.25, 0.3) is 5.91 Å². The van der Waals surface area contributed by atoms with Gasteiger partial charge in [0.2, 0.25) is 5.91 Å². The molecule has 0 unspecified atom stereocenters. The predicted molar refractivity (Wildman–Crippen MR) is 145 cm³/mol. The molecule has 1 fully saturated rings. The molecule has 1 saturated carbocycles. The first-order chi connectivity index (χ1) is 18.2. The molecule has 0 bridgehead atoms. The number of hydrogen-bond acceptors (Lipinski definition) is 5. The molecule has 3 aromatic rings. The number of amides is 2. The van der Waals surface area contributed by atoms with Crippen molar-refractivity contribution in [3.05, 3.63) is 65.9 Å². The van der Waals surface area contributed by atoms with Gasteiger partial charge in [0.1, 0.15) is 11.3 Å². The predicted octanol–water partition coefficient (Wildman–Crippen LogP) is 5.40. The fraction of sp³-hybridized carbons (Fsp3) is 0.379. The molecule has 0 spiro atoms. The van der Waals surface area contributed by atoms with Gasteiger partial charge in [-0.25, -0.2) is 9.48 Å². The summed E-state index contributed by atoms with van der Waals surface area (Å²) >= 11 is 0. The van der Waals surface area contributed by atoms with Crippen LogP contribution in [0.2, 0.25) is 0 Å². The van der Waals surface area contributed by atoms with Crippen LogP contribution in [0.4, 0.5) is 11.5 Å². The van der Waals surface area contributed by atoms with E-state index in [2.05, 4.69) is 17.3 Å². The summed E-state index contributed by atoms with van der Waals surface area (Å²) < 4.78 is 6.63. The molecule has 0 atom stereocenters. The summed E-state index contributed by atoms with van der Waals surface area (Å²) in [6.45, 7) is 5.93. The van der Waals surface area contributed by atoms with Crippen molar-refractivity contribution in [3.63, 3.8) is 0 Å². The van der Waals surface area contributed by atoms with Crippen molar-refractivity contribution in [2.45, 2.75) is 52.5 Å². The first-order valence-electron chi connectivity index (χ1n) is 12.9. The van der Waals surface area contributed by atoms with Crippen LogP contribution in [0.5, 0.6) is 5.75 Å². The van der Waals surface area contributed by atoms with Crippen LogP contribution in [0, 0.1) is 11.8 Å². The number of carbonyl (C=O) groups is 3. The van der Waals surface area contributed by atoms with E-state index in [0.717, 1.165) is 25.7 Å². The molecule has 2 amide bonds. The Hall–Kier alpha value is -4.14. The molecule has 1 aromatic heterocycles. The van der Waals surface area contributed by atoms with Crippen molar-refractivity contribution in [3.8, 4) is 11.4 Å². The second-order valence-corrected chi connectivity index (χ2v) is 10.1. The molecule has 9 heteroatoms. The van der Waals surface area contributed by atoms with Gasteiger partial charge in [-0.3, -0.25) is 14.5 Å². The molecular weight excluding hydrogens is 484 g/mol. The van der Waals surface area contributed by atoms with E-state index in [1.807, 2.05) is 13.8 Å². The number of methoxy groups -OCH3 is 1. The van der Waals surface area contributed by atoms with E-state index in [1.165, 1.54) is 15.8 Å². The molecule has 0 radical (unpaired) electrons. The molecule has 4 rings (SSSR count). The first-order valence-corrected chi connectivity index (χ1v) is 12.9. The number of nitrogens with one attached hydrogen (secondary N) is 1. The highest BCUT2D eigenvalue weighted by molar-refractivity contribution is 6.04. The number of aromatic carboxylic acids is 1. The fourth-order valence-corrected chi connectivity index (χ4v) is 4.80. The normalized spacial score (nSPS) is 17.2. The number of carboxylic acids is 1. The number of carbonyl (C=O) groups excluding carboxylic acids is 2. The van der Waals surface area contributed by atoms with Crippen LogP contribution in [0.15, 0.2) is 54.7 Å². The van der Waals surface area contributed by atoms with Crippen LogP contribution < -0.4 is 15.0 Å². The monoisotopic (exact) mass is 518 g/mol. The largest absolute Gasteiger partial charge is 0.497 e. The van der Waals surface area contributed by atoms with E-state index >= 15 is 0 Å². The van der Waals surface area contributed by atoms with E-state index < -0.39 is 5.97 Å². The highest BCUT2D eigenvalue weighted by atomic mass is 16.5. The Morgan fingerprint density at radius 1 is 1.08 bits per heavy atom. The molecule has 0 aliphatic heterocycles. The highest BCUT2D eigenvalue weighted by Gasteiger charge is 2.34. The van der Waals surface area contributed by atoms with Gasteiger partial charge in [-0.2, -0.15) is 0 Å². The number of carboxylic acid groups (broad SMARTS) is 1. The lowest BCUT2D eigenvalue weighted by molar-refractivity contribution is -0.124. The van der Waals surface area contributed by atoms with Gasteiger partial charge in [0.15, 0.2) is 5.82 Å². The summed E-state index contributed by atoms with van der Waals surface area (Å²) in [4.78, 5) is 39.8. The third-order valence-electron chi connectivity index (χ3n) is 6.99. The number of ether oxygens (including phenoxy) is 1. The smallest absolute Gasteiger partial charge is 0.341 e. The minimum Gasteiger partial charge on any atom is -0.497 e. The summed E-state index contributed by atoms with van der Waals surface area (Å²) in [5.74, 6) is -0.305. The third kappa shape index (κ3) is 5.88. The number of anilines is 2. The van der Waals surface area contributed by atoms with Gasteiger partial charge in [-0.1, -0.05) is 13.0 Å². The number of benzene rings is 2. The summed E-state index contributed by atoms with van der Waals surface area (Å²) in [5, 5.41) is 17.3. The van der Waals surface area contributed by atoms with Gasteiger partial charge in [-0.15, -0.1) is 5.10 Å². The molecule has 38 heavy (non-hydrogen) atoms. The summed E-state index contributed by atoms with van der Waals surface area (Å²) in [6, 6.07) is 13.5. The lowest BCUT2D eigenvalue weighted by atomic mass is 9.82. The Kier molecular flexibility index (Phi) is 8.14. The topological polar surface area (TPSA) is 114 Å². The van der Waals surface area contributed by atoms with Crippen molar-refractivity contribution in [1.82, 2.24) is 9.78 Å². The maximum atomic E-state index is 13.5. The summed E-state index contributed by atoms with van der Waals surface area (Å²) in [5.41, 5.74) is 1.59.